The molecule has 106 valence electrons. The van der Waals surface area contributed by atoms with Crippen LogP contribution in [0.5, 0.6) is 0 Å². The Labute approximate surface area is 121 Å². The van der Waals surface area contributed by atoms with E-state index in [-0.39, 0.29) is 5.41 Å². The second kappa shape index (κ2) is 5.74. The van der Waals surface area contributed by atoms with Crippen LogP contribution >= 0.6 is 11.8 Å². The number of fused-ring (bicyclic) bond motifs is 1. The van der Waals surface area contributed by atoms with Crippen molar-refractivity contribution in [3.63, 3.8) is 0 Å². The molecule has 0 bridgehead atoms. The lowest BCUT2D eigenvalue weighted by atomic mass is 9.76. The van der Waals surface area contributed by atoms with Gasteiger partial charge in [-0.3, -0.25) is 4.79 Å². The molecule has 1 aliphatic rings. The van der Waals surface area contributed by atoms with Gasteiger partial charge in [0, 0.05) is 29.9 Å². The highest BCUT2D eigenvalue weighted by atomic mass is 32.2. The van der Waals surface area contributed by atoms with E-state index in [0.29, 0.717) is 12.2 Å². The third-order valence-electron chi connectivity index (χ3n) is 3.98. The number of rotatable bonds is 5. The average Bonchev–Trinajstić information content (AvgIpc) is 2.61. The van der Waals surface area contributed by atoms with Crippen LogP contribution in [0.15, 0.2) is 6.07 Å². The molecule has 1 aromatic rings. The first-order chi connectivity index (χ1) is 8.94. The van der Waals surface area contributed by atoms with E-state index in [2.05, 4.69) is 37.7 Å². The van der Waals surface area contributed by atoms with Crippen LogP contribution in [-0.4, -0.2) is 22.4 Å². The molecule has 0 saturated carbocycles. The maximum absolute atomic E-state index is 12.2. The van der Waals surface area contributed by atoms with Crippen molar-refractivity contribution in [1.29, 1.82) is 0 Å². The molecule has 0 saturated heterocycles. The second-order valence-corrected chi connectivity index (χ2v) is 7.42. The number of carbonyl (C=O) groups is 1. The van der Waals surface area contributed by atoms with E-state index < -0.39 is 0 Å². The van der Waals surface area contributed by atoms with Crippen LogP contribution in [0.2, 0.25) is 0 Å². The van der Waals surface area contributed by atoms with E-state index in [9.17, 15) is 4.79 Å². The molecule has 0 fully saturated rings. The van der Waals surface area contributed by atoms with Gasteiger partial charge in [0.15, 0.2) is 5.78 Å². The zero-order valence-electron chi connectivity index (χ0n) is 12.6. The summed E-state index contributed by atoms with van der Waals surface area (Å²) in [5.41, 5.74) is 3.64. The number of hydrogen-bond acceptors (Lipinski definition) is 2. The van der Waals surface area contributed by atoms with Crippen molar-refractivity contribution >= 4 is 17.5 Å². The number of unbranched alkanes of at least 4 members (excludes halogenated alkanes) is 1. The molecular weight excluding hydrogens is 254 g/mol. The second-order valence-electron chi connectivity index (χ2n) is 6.44. The van der Waals surface area contributed by atoms with Gasteiger partial charge in [-0.25, -0.2) is 0 Å². The lowest BCUT2D eigenvalue weighted by molar-refractivity contribution is 0.0910. The van der Waals surface area contributed by atoms with Gasteiger partial charge in [-0.2, -0.15) is 11.8 Å². The number of carbonyl (C=O) groups excluding carboxylic acids is 1. The number of hydrogen-bond donors (Lipinski definition) is 0. The van der Waals surface area contributed by atoms with Gasteiger partial charge in [0.2, 0.25) is 0 Å². The fourth-order valence-corrected chi connectivity index (χ4v) is 3.53. The van der Waals surface area contributed by atoms with E-state index in [1.807, 2.05) is 11.8 Å². The fraction of sp³-hybridized carbons (Fsp3) is 0.688. The summed E-state index contributed by atoms with van der Waals surface area (Å²) in [5, 5.41) is 0. The molecule has 0 amide bonds. The zero-order chi connectivity index (χ0) is 14.0. The third-order valence-corrected chi connectivity index (χ3v) is 4.68. The standard InChI is InChI=1S/C16H25NOS/c1-12-9-13-14(10-16(2,3)11-15(13)18)17(12)7-5-6-8-19-4/h9H,5-8,10-11H2,1-4H3. The SMILES string of the molecule is CSCCCCn1c(C)cc2c1CC(C)(C)CC2=O. The molecule has 1 heterocycles. The van der Waals surface area contributed by atoms with Crippen LogP contribution in [0, 0.1) is 12.3 Å². The predicted molar refractivity (Wildman–Crippen MR) is 83.2 cm³/mol. The lowest BCUT2D eigenvalue weighted by Crippen LogP contribution is -2.28. The first kappa shape index (κ1) is 14.7. The summed E-state index contributed by atoms with van der Waals surface area (Å²) in [4.78, 5) is 12.2. The Morgan fingerprint density at radius 3 is 2.74 bits per heavy atom. The smallest absolute Gasteiger partial charge is 0.165 e. The van der Waals surface area contributed by atoms with Crippen LogP contribution in [0.4, 0.5) is 0 Å². The Morgan fingerprint density at radius 2 is 2.05 bits per heavy atom. The van der Waals surface area contributed by atoms with Crippen LogP contribution in [-0.2, 0) is 13.0 Å². The van der Waals surface area contributed by atoms with Crippen LogP contribution in [0.1, 0.15) is 54.9 Å². The Bertz CT molecular complexity index is 473. The minimum absolute atomic E-state index is 0.117. The number of aryl methyl sites for hydroxylation is 1. The van der Waals surface area contributed by atoms with Gasteiger partial charge < -0.3 is 4.57 Å². The summed E-state index contributed by atoms with van der Waals surface area (Å²) in [5.74, 6) is 1.56. The fourth-order valence-electron chi connectivity index (χ4n) is 3.03. The molecule has 1 aliphatic carbocycles. The number of Topliss-reactive ketones (excluding diaryl/α,β-unsaturated/α-hetero) is 1. The molecule has 19 heavy (non-hydrogen) atoms. The van der Waals surface area contributed by atoms with Crippen molar-refractivity contribution in [2.24, 2.45) is 5.41 Å². The van der Waals surface area contributed by atoms with Gasteiger partial charge >= 0.3 is 0 Å². The largest absolute Gasteiger partial charge is 0.348 e. The highest BCUT2D eigenvalue weighted by molar-refractivity contribution is 7.98. The van der Waals surface area contributed by atoms with E-state index >= 15 is 0 Å². The van der Waals surface area contributed by atoms with Crippen molar-refractivity contribution in [2.45, 2.75) is 53.0 Å². The number of aromatic nitrogens is 1. The highest BCUT2D eigenvalue weighted by Crippen LogP contribution is 2.36. The Kier molecular flexibility index (Phi) is 4.44. The predicted octanol–water partition coefficient (Wildman–Crippen LogP) is 4.09. The Hall–Kier alpha value is -0.700. The van der Waals surface area contributed by atoms with E-state index in [1.54, 1.807) is 0 Å². The van der Waals surface area contributed by atoms with Gasteiger partial charge in [-0.1, -0.05) is 13.8 Å². The van der Waals surface area contributed by atoms with Crippen molar-refractivity contribution < 1.29 is 4.79 Å². The molecule has 0 radical (unpaired) electrons. The number of thioether (sulfide) groups is 1. The third kappa shape index (κ3) is 3.25. The topological polar surface area (TPSA) is 22.0 Å². The summed E-state index contributed by atoms with van der Waals surface area (Å²) in [6, 6.07) is 2.10. The molecule has 2 nitrogen and oxygen atoms in total. The minimum atomic E-state index is 0.117. The van der Waals surface area contributed by atoms with Gasteiger partial charge in [0.1, 0.15) is 0 Å². The molecule has 0 unspecified atom stereocenters. The summed E-state index contributed by atoms with van der Waals surface area (Å²) in [7, 11) is 0. The summed E-state index contributed by atoms with van der Waals surface area (Å²) in [6.07, 6.45) is 6.34. The van der Waals surface area contributed by atoms with Crippen molar-refractivity contribution in [2.75, 3.05) is 12.0 Å². The number of nitrogens with zero attached hydrogens (tertiary/aromatic N) is 1. The first-order valence-electron chi connectivity index (χ1n) is 7.16. The molecule has 1 aromatic heterocycles. The van der Waals surface area contributed by atoms with Crippen LogP contribution < -0.4 is 0 Å². The van der Waals surface area contributed by atoms with E-state index in [0.717, 1.165) is 18.5 Å². The van der Waals surface area contributed by atoms with Crippen molar-refractivity contribution in [3.8, 4) is 0 Å². The summed E-state index contributed by atoms with van der Waals surface area (Å²) >= 11 is 1.91. The molecule has 0 aromatic carbocycles. The van der Waals surface area contributed by atoms with Crippen LogP contribution in [0.25, 0.3) is 0 Å². The van der Waals surface area contributed by atoms with E-state index in [4.69, 9.17) is 0 Å². The van der Waals surface area contributed by atoms with Gasteiger partial charge in [-0.05, 0) is 49.7 Å². The lowest BCUT2D eigenvalue weighted by Gasteiger charge is -2.30. The normalized spacial score (nSPS) is 17.6. The molecule has 0 aliphatic heterocycles. The molecule has 0 spiro atoms. The van der Waals surface area contributed by atoms with Gasteiger partial charge in [-0.15, -0.1) is 0 Å². The molecule has 0 N–H and O–H groups in total. The minimum Gasteiger partial charge on any atom is -0.348 e. The van der Waals surface area contributed by atoms with Gasteiger partial charge in [0.05, 0.1) is 0 Å². The summed E-state index contributed by atoms with van der Waals surface area (Å²) < 4.78 is 2.38. The number of ketones is 1. The summed E-state index contributed by atoms with van der Waals surface area (Å²) in [6.45, 7) is 7.60. The van der Waals surface area contributed by atoms with Crippen LogP contribution in [0.3, 0.4) is 0 Å². The Balaban J connectivity index is 2.19. The monoisotopic (exact) mass is 279 g/mol. The average molecular weight is 279 g/mol. The molecular formula is C16H25NOS. The maximum Gasteiger partial charge on any atom is 0.165 e. The van der Waals surface area contributed by atoms with Crippen molar-refractivity contribution in [3.05, 3.63) is 23.0 Å². The van der Waals surface area contributed by atoms with Crippen molar-refractivity contribution in [1.82, 2.24) is 4.57 Å². The molecule has 3 heteroatoms. The quantitative estimate of drug-likeness (QED) is 0.757. The highest BCUT2D eigenvalue weighted by Gasteiger charge is 2.33. The zero-order valence-corrected chi connectivity index (χ0v) is 13.4. The molecule has 2 rings (SSSR count). The first-order valence-corrected chi connectivity index (χ1v) is 8.55. The van der Waals surface area contributed by atoms with E-state index in [1.165, 1.54) is 30.0 Å². The van der Waals surface area contributed by atoms with Gasteiger partial charge in [0.25, 0.3) is 0 Å². The molecule has 0 atom stereocenters. The Morgan fingerprint density at radius 1 is 1.32 bits per heavy atom. The maximum atomic E-state index is 12.2.